The first-order chi connectivity index (χ1) is 16.2. The lowest BCUT2D eigenvalue weighted by Crippen LogP contribution is -2.35. The Labute approximate surface area is 193 Å². The molecule has 1 saturated heterocycles. The van der Waals surface area contributed by atoms with Crippen LogP contribution in [-0.2, 0) is 11.3 Å². The van der Waals surface area contributed by atoms with Crippen molar-refractivity contribution in [2.24, 2.45) is 0 Å². The fraction of sp³-hybridized carbons (Fsp3) is 0.250. The predicted octanol–water partition coefficient (Wildman–Crippen LogP) is 5.28. The van der Waals surface area contributed by atoms with Crippen molar-refractivity contribution >= 4 is 11.0 Å². The molecule has 1 aromatic heterocycles. The maximum Gasteiger partial charge on any atom is 0.201 e. The Hall–Kier alpha value is -3.41. The molecule has 0 N–H and O–H groups in total. The zero-order valence-corrected chi connectivity index (χ0v) is 19.0. The molecule has 5 heteroatoms. The normalized spacial score (nSPS) is 14.5. The van der Waals surface area contributed by atoms with Crippen LogP contribution in [0.3, 0.4) is 0 Å². The number of hydrogen-bond acceptors (Lipinski definition) is 5. The van der Waals surface area contributed by atoms with Gasteiger partial charge >= 0.3 is 0 Å². The van der Waals surface area contributed by atoms with Crippen molar-refractivity contribution in [2.45, 2.75) is 13.5 Å². The van der Waals surface area contributed by atoms with Gasteiger partial charge in [0.05, 0.1) is 36.8 Å². The van der Waals surface area contributed by atoms with Crippen molar-refractivity contribution in [3.05, 3.63) is 88.1 Å². The standard InChI is InChI=1S/C28H27NO4/c1-19-8-10-21(11-9-19)27-25(20-6-4-3-5-7-20)26(30)22-12-13-24(31-2)23(28(22)33-27)18-29-14-16-32-17-15-29/h3-13H,14-18H2,1-2H3. The molecule has 0 saturated carbocycles. The SMILES string of the molecule is COc1ccc2c(=O)c(-c3ccccc3)c(-c3ccc(C)cc3)oc2c1CN1CCOCC1. The van der Waals surface area contributed by atoms with E-state index >= 15 is 0 Å². The number of aryl methyl sites for hydroxylation is 1. The van der Waals surface area contributed by atoms with E-state index in [1.54, 1.807) is 7.11 Å². The Balaban J connectivity index is 1.78. The van der Waals surface area contributed by atoms with Gasteiger partial charge in [0, 0.05) is 25.2 Å². The van der Waals surface area contributed by atoms with Crippen molar-refractivity contribution in [1.29, 1.82) is 0 Å². The molecule has 0 spiro atoms. The lowest BCUT2D eigenvalue weighted by atomic mass is 9.97. The second-order valence-corrected chi connectivity index (χ2v) is 8.38. The average molecular weight is 442 g/mol. The molecule has 1 fully saturated rings. The number of nitrogens with zero attached hydrogens (tertiary/aromatic N) is 1. The van der Waals surface area contributed by atoms with Crippen LogP contribution in [0.25, 0.3) is 33.4 Å². The van der Waals surface area contributed by atoms with E-state index < -0.39 is 0 Å². The van der Waals surface area contributed by atoms with Gasteiger partial charge in [0.2, 0.25) is 5.43 Å². The summed E-state index contributed by atoms with van der Waals surface area (Å²) in [6.45, 7) is 5.73. The summed E-state index contributed by atoms with van der Waals surface area (Å²) in [5.74, 6) is 1.30. The molecule has 3 aromatic carbocycles. The lowest BCUT2D eigenvalue weighted by Gasteiger charge is -2.27. The quantitative estimate of drug-likeness (QED) is 0.422. The topological polar surface area (TPSA) is 51.9 Å². The number of hydrogen-bond donors (Lipinski definition) is 0. The molecule has 0 unspecified atom stereocenters. The van der Waals surface area contributed by atoms with Gasteiger partial charge in [-0.05, 0) is 24.6 Å². The average Bonchev–Trinajstić information content (AvgIpc) is 2.86. The zero-order chi connectivity index (χ0) is 22.8. The monoisotopic (exact) mass is 441 g/mol. The summed E-state index contributed by atoms with van der Waals surface area (Å²) in [7, 11) is 1.65. The molecule has 5 nitrogen and oxygen atoms in total. The third-order valence-corrected chi connectivity index (χ3v) is 6.20. The van der Waals surface area contributed by atoms with E-state index in [4.69, 9.17) is 13.9 Å². The first-order valence-electron chi connectivity index (χ1n) is 11.2. The Morgan fingerprint density at radius 3 is 2.33 bits per heavy atom. The van der Waals surface area contributed by atoms with E-state index in [2.05, 4.69) is 4.90 Å². The van der Waals surface area contributed by atoms with E-state index in [-0.39, 0.29) is 5.43 Å². The molecule has 168 valence electrons. The summed E-state index contributed by atoms with van der Waals surface area (Å²) in [6, 6.07) is 21.5. The molecule has 0 bridgehead atoms. The maximum absolute atomic E-state index is 13.9. The van der Waals surface area contributed by atoms with Crippen LogP contribution >= 0.6 is 0 Å². The first-order valence-corrected chi connectivity index (χ1v) is 11.2. The van der Waals surface area contributed by atoms with Gasteiger partial charge in [-0.15, -0.1) is 0 Å². The van der Waals surface area contributed by atoms with E-state index in [0.717, 1.165) is 41.1 Å². The summed E-state index contributed by atoms with van der Waals surface area (Å²) in [4.78, 5) is 16.2. The number of fused-ring (bicyclic) bond motifs is 1. The fourth-order valence-corrected chi connectivity index (χ4v) is 4.40. The lowest BCUT2D eigenvalue weighted by molar-refractivity contribution is 0.0339. The smallest absolute Gasteiger partial charge is 0.201 e. The van der Waals surface area contributed by atoms with Gasteiger partial charge in [-0.1, -0.05) is 60.2 Å². The van der Waals surface area contributed by atoms with Gasteiger partial charge in [-0.25, -0.2) is 0 Å². The summed E-state index contributed by atoms with van der Waals surface area (Å²) < 4.78 is 17.8. The number of rotatable bonds is 5. The minimum absolute atomic E-state index is 0.0381. The van der Waals surface area contributed by atoms with E-state index in [0.29, 0.717) is 42.1 Å². The number of benzene rings is 3. The number of ether oxygens (including phenoxy) is 2. The predicted molar refractivity (Wildman–Crippen MR) is 131 cm³/mol. The minimum atomic E-state index is -0.0381. The summed E-state index contributed by atoms with van der Waals surface area (Å²) in [5, 5.41) is 0.564. The molecule has 0 atom stereocenters. The van der Waals surface area contributed by atoms with Crippen molar-refractivity contribution in [2.75, 3.05) is 33.4 Å². The van der Waals surface area contributed by atoms with Gasteiger partial charge < -0.3 is 13.9 Å². The van der Waals surface area contributed by atoms with Gasteiger partial charge in [-0.3, -0.25) is 9.69 Å². The van der Waals surface area contributed by atoms with Gasteiger partial charge in [0.1, 0.15) is 17.1 Å². The van der Waals surface area contributed by atoms with Crippen LogP contribution in [0.1, 0.15) is 11.1 Å². The molecule has 2 heterocycles. The third-order valence-electron chi connectivity index (χ3n) is 6.20. The summed E-state index contributed by atoms with van der Waals surface area (Å²) in [5.41, 5.74) is 4.88. The Morgan fingerprint density at radius 1 is 0.909 bits per heavy atom. The van der Waals surface area contributed by atoms with Gasteiger partial charge in [-0.2, -0.15) is 0 Å². The Morgan fingerprint density at radius 2 is 1.64 bits per heavy atom. The largest absolute Gasteiger partial charge is 0.496 e. The Kier molecular flexibility index (Phi) is 5.99. The number of methoxy groups -OCH3 is 1. The van der Waals surface area contributed by atoms with E-state index in [1.165, 1.54) is 0 Å². The van der Waals surface area contributed by atoms with E-state index in [1.807, 2.05) is 73.7 Å². The highest BCUT2D eigenvalue weighted by atomic mass is 16.5. The van der Waals surface area contributed by atoms with Crippen LogP contribution in [0.4, 0.5) is 0 Å². The summed E-state index contributed by atoms with van der Waals surface area (Å²) >= 11 is 0. The van der Waals surface area contributed by atoms with Crippen molar-refractivity contribution in [1.82, 2.24) is 4.90 Å². The van der Waals surface area contributed by atoms with Crippen LogP contribution in [0, 0.1) is 6.92 Å². The van der Waals surface area contributed by atoms with Crippen LogP contribution < -0.4 is 10.2 Å². The van der Waals surface area contributed by atoms with Crippen LogP contribution in [0.2, 0.25) is 0 Å². The summed E-state index contributed by atoms with van der Waals surface area (Å²) in [6.07, 6.45) is 0. The third kappa shape index (κ3) is 4.17. The Bertz CT molecular complexity index is 1320. The molecule has 0 amide bonds. The second-order valence-electron chi connectivity index (χ2n) is 8.38. The molecule has 1 aliphatic rings. The van der Waals surface area contributed by atoms with Gasteiger partial charge in [0.25, 0.3) is 0 Å². The molecule has 0 aliphatic carbocycles. The van der Waals surface area contributed by atoms with E-state index in [9.17, 15) is 4.79 Å². The fourth-order valence-electron chi connectivity index (χ4n) is 4.40. The van der Waals surface area contributed by atoms with Crippen molar-refractivity contribution < 1.29 is 13.9 Å². The zero-order valence-electron chi connectivity index (χ0n) is 19.0. The van der Waals surface area contributed by atoms with Crippen molar-refractivity contribution in [3.63, 3.8) is 0 Å². The second kappa shape index (κ2) is 9.22. The van der Waals surface area contributed by atoms with Crippen LogP contribution in [0.5, 0.6) is 5.75 Å². The molecule has 0 radical (unpaired) electrons. The van der Waals surface area contributed by atoms with Crippen LogP contribution in [-0.4, -0.2) is 38.3 Å². The highest BCUT2D eigenvalue weighted by Gasteiger charge is 2.23. The minimum Gasteiger partial charge on any atom is -0.496 e. The molecular formula is C28H27NO4. The first kappa shape index (κ1) is 21.4. The molecule has 33 heavy (non-hydrogen) atoms. The number of morpholine rings is 1. The highest BCUT2D eigenvalue weighted by molar-refractivity contribution is 5.91. The van der Waals surface area contributed by atoms with Crippen LogP contribution in [0.15, 0.2) is 75.9 Å². The van der Waals surface area contributed by atoms with Crippen molar-refractivity contribution in [3.8, 4) is 28.2 Å². The highest BCUT2D eigenvalue weighted by Crippen LogP contribution is 2.36. The van der Waals surface area contributed by atoms with Gasteiger partial charge in [0.15, 0.2) is 0 Å². The molecule has 4 aromatic rings. The molecular weight excluding hydrogens is 414 g/mol. The molecule has 5 rings (SSSR count). The molecule has 1 aliphatic heterocycles. The maximum atomic E-state index is 13.9.